The highest BCUT2D eigenvalue weighted by molar-refractivity contribution is 6.43. The van der Waals surface area contributed by atoms with Crippen LogP contribution in [0.1, 0.15) is 16.7 Å². The van der Waals surface area contributed by atoms with Crippen molar-refractivity contribution in [2.45, 2.75) is 13.8 Å². The first-order valence-corrected chi connectivity index (χ1v) is 6.91. The first-order chi connectivity index (χ1) is 10.6. The molecule has 22 heavy (non-hydrogen) atoms. The van der Waals surface area contributed by atoms with Crippen LogP contribution >= 0.6 is 0 Å². The Kier molecular flexibility index (Phi) is 3.70. The molecule has 110 valence electrons. The molecule has 1 heterocycles. The first-order valence-electron chi connectivity index (χ1n) is 6.91. The maximum Gasteiger partial charge on any atom is 0.385 e. The maximum absolute atomic E-state index is 11.8. The van der Waals surface area contributed by atoms with Crippen LogP contribution in [0.3, 0.4) is 0 Å². The number of esters is 1. The molecule has 1 aliphatic heterocycles. The average molecular weight is 293 g/mol. The Labute approximate surface area is 128 Å². The smallest absolute Gasteiger partial charge is 0.385 e. The molecular formula is C17H15N3O2. The van der Waals surface area contributed by atoms with Gasteiger partial charge in [0.25, 0.3) is 5.84 Å². The summed E-state index contributed by atoms with van der Waals surface area (Å²) in [6.07, 6.45) is 0. The normalized spacial score (nSPS) is 15.6. The van der Waals surface area contributed by atoms with Crippen molar-refractivity contribution in [2.75, 3.05) is 5.43 Å². The van der Waals surface area contributed by atoms with Crippen molar-refractivity contribution in [3.8, 4) is 0 Å². The highest BCUT2D eigenvalue weighted by Gasteiger charge is 2.25. The molecule has 0 bridgehead atoms. The van der Waals surface area contributed by atoms with Crippen molar-refractivity contribution in [3.63, 3.8) is 0 Å². The summed E-state index contributed by atoms with van der Waals surface area (Å²) in [6, 6.07) is 15.1. The number of amidine groups is 1. The van der Waals surface area contributed by atoms with Crippen LogP contribution in [0.5, 0.6) is 0 Å². The van der Waals surface area contributed by atoms with Crippen LogP contribution < -0.4 is 5.43 Å². The lowest BCUT2D eigenvalue weighted by Gasteiger charge is -2.03. The summed E-state index contributed by atoms with van der Waals surface area (Å²) in [5.74, 6) is -0.279. The number of aliphatic imine (C=N–C) groups is 1. The molecule has 0 unspecified atom stereocenters. The fraction of sp³-hybridized carbons (Fsp3) is 0.118. The van der Waals surface area contributed by atoms with Crippen molar-refractivity contribution in [2.24, 2.45) is 10.1 Å². The molecule has 1 aliphatic rings. The predicted octanol–water partition coefficient (Wildman–Crippen LogP) is 3.03. The van der Waals surface area contributed by atoms with Gasteiger partial charge in [-0.3, -0.25) is 5.43 Å². The Bertz CT molecular complexity index is 780. The van der Waals surface area contributed by atoms with E-state index in [2.05, 4.69) is 15.5 Å². The fourth-order valence-corrected chi connectivity index (χ4v) is 2.00. The molecule has 0 amide bonds. The van der Waals surface area contributed by atoms with E-state index in [-0.39, 0.29) is 11.7 Å². The summed E-state index contributed by atoms with van der Waals surface area (Å²) in [6.45, 7) is 4.05. The zero-order valence-electron chi connectivity index (χ0n) is 12.3. The molecule has 1 N–H and O–H groups in total. The van der Waals surface area contributed by atoms with E-state index in [1.54, 1.807) is 0 Å². The van der Waals surface area contributed by atoms with Crippen molar-refractivity contribution in [1.82, 2.24) is 0 Å². The largest absolute Gasteiger partial charge is 0.401 e. The number of carbonyl (C=O) groups excluding carboxylic acids is 1. The van der Waals surface area contributed by atoms with Gasteiger partial charge in [-0.05, 0) is 49.2 Å². The Morgan fingerprint density at radius 1 is 1.05 bits per heavy atom. The molecule has 3 rings (SSSR count). The lowest BCUT2D eigenvalue weighted by Crippen LogP contribution is -2.11. The zero-order chi connectivity index (χ0) is 15.5. The van der Waals surface area contributed by atoms with E-state index in [1.165, 1.54) is 5.56 Å². The molecule has 2 aromatic carbocycles. The molecule has 0 spiro atoms. The van der Waals surface area contributed by atoms with Gasteiger partial charge in [-0.1, -0.05) is 24.3 Å². The second kappa shape index (κ2) is 5.81. The third-order valence-electron chi connectivity index (χ3n) is 3.40. The minimum absolute atomic E-state index is 0.0112. The number of cyclic esters (lactones) is 1. The number of nitrogens with zero attached hydrogens (tertiary/aromatic N) is 2. The quantitative estimate of drug-likeness (QED) is 0.699. The highest BCUT2D eigenvalue weighted by atomic mass is 16.6. The number of rotatable bonds is 3. The number of hydrazone groups is 1. The number of anilines is 1. The number of nitrogens with one attached hydrogen (secondary N) is 1. The number of aryl methyl sites for hydroxylation is 2. The molecule has 5 heteroatoms. The van der Waals surface area contributed by atoms with E-state index in [4.69, 9.17) is 4.74 Å². The highest BCUT2D eigenvalue weighted by Crippen LogP contribution is 2.15. The van der Waals surface area contributed by atoms with E-state index in [0.29, 0.717) is 0 Å². The van der Waals surface area contributed by atoms with E-state index >= 15 is 0 Å². The minimum atomic E-state index is -0.560. The summed E-state index contributed by atoms with van der Waals surface area (Å²) in [4.78, 5) is 15.9. The van der Waals surface area contributed by atoms with Crippen molar-refractivity contribution < 1.29 is 9.53 Å². The summed E-state index contributed by atoms with van der Waals surface area (Å²) >= 11 is 0. The predicted molar refractivity (Wildman–Crippen MR) is 86.0 cm³/mol. The molecule has 0 aromatic heterocycles. The van der Waals surface area contributed by atoms with Crippen LogP contribution in [0.15, 0.2) is 58.6 Å². The number of ether oxygens (including phenoxy) is 1. The van der Waals surface area contributed by atoms with Crippen LogP contribution in [0.25, 0.3) is 0 Å². The van der Waals surface area contributed by atoms with E-state index < -0.39 is 5.97 Å². The molecule has 0 saturated carbocycles. The maximum atomic E-state index is 11.8. The van der Waals surface area contributed by atoms with Crippen molar-refractivity contribution in [3.05, 3.63) is 65.2 Å². The van der Waals surface area contributed by atoms with Gasteiger partial charge in [0.2, 0.25) is 5.90 Å². The minimum Gasteiger partial charge on any atom is -0.401 e. The fourth-order valence-electron chi connectivity index (χ4n) is 2.00. The van der Waals surface area contributed by atoms with Gasteiger partial charge >= 0.3 is 5.97 Å². The average Bonchev–Trinajstić information content (AvgIpc) is 2.90. The van der Waals surface area contributed by atoms with Crippen molar-refractivity contribution >= 4 is 23.4 Å². The molecule has 0 saturated heterocycles. The molecule has 5 nitrogen and oxygen atoms in total. The zero-order valence-corrected chi connectivity index (χ0v) is 12.3. The van der Waals surface area contributed by atoms with E-state index in [1.807, 2.05) is 62.4 Å². The van der Waals surface area contributed by atoms with Gasteiger partial charge in [0, 0.05) is 5.56 Å². The van der Waals surface area contributed by atoms with Gasteiger partial charge in [-0.25, -0.2) is 4.79 Å². The number of benzene rings is 2. The first kappa shape index (κ1) is 14.0. The van der Waals surface area contributed by atoms with Crippen LogP contribution in [-0.2, 0) is 9.53 Å². The second-order valence-corrected chi connectivity index (χ2v) is 5.02. The second-order valence-electron chi connectivity index (χ2n) is 5.02. The third kappa shape index (κ3) is 2.88. The monoisotopic (exact) mass is 293 g/mol. The lowest BCUT2D eigenvalue weighted by atomic mass is 10.1. The Morgan fingerprint density at radius 2 is 1.82 bits per heavy atom. The Balaban J connectivity index is 1.80. The van der Waals surface area contributed by atoms with Crippen LogP contribution in [-0.4, -0.2) is 17.7 Å². The molecule has 0 aliphatic carbocycles. The summed E-state index contributed by atoms with van der Waals surface area (Å²) in [5, 5.41) is 4.03. The van der Waals surface area contributed by atoms with Crippen LogP contribution in [0.2, 0.25) is 0 Å². The topological polar surface area (TPSA) is 63.1 Å². The summed E-state index contributed by atoms with van der Waals surface area (Å²) in [7, 11) is 0. The van der Waals surface area contributed by atoms with Crippen LogP contribution in [0, 0.1) is 13.8 Å². The summed E-state index contributed by atoms with van der Waals surface area (Å²) < 4.78 is 5.13. The van der Waals surface area contributed by atoms with E-state index in [9.17, 15) is 4.79 Å². The van der Waals surface area contributed by atoms with Gasteiger partial charge in [0.15, 0.2) is 0 Å². The molecule has 0 atom stereocenters. The lowest BCUT2D eigenvalue weighted by molar-refractivity contribution is -0.127. The van der Waals surface area contributed by atoms with Gasteiger partial charge in [0.05, 0.1) is 5.69 Å². The summed E-state index contributed by atoms with van der Waals surface area (Å²) in [5.41, 5.74) is 6.72. The number of hydrogen-bond acceptors (Lipinski definition) is 4. The number of hydrogen-bond donors (Lipinski definition) is 1. The number of carbonyl (C=O) groups is 1. The molecular weight excluding hydrogens is 278 g/mol. The molecule has 2 aromatic rings. The van der Waals surface area contributed by atoms with Crippen LogP contribution in [0.4, 0.5) is 5.69 Å². The molecule has 0 fully saturated rings. The van der Waals surface area contributed by atoms with E-state index in [0.717, 1.165) is 16.8 Å². The molecule has 0 radical (unpaired) electrons. The van der Waals surface area contributed by atoms with Gasteiger partial charge < -0.3 is 4.74 Å². The third-order valence-corrected chi connectivity index (χ3v) is 3.40. The standard InChI is InChI=1S/C17H15N3O2/c1-11-8-9-14(10-12(11)2)19-20-15-17(21)22-16(18-15)13-6-4-3-5-7-13/h3-10,19H,1-2H3. The Hall–Kier alpha value is -2.95. The van der Waals surface area contributed by atoms with Crippen molar-refractivity contribution in [1.29, 1.82) is 0 Å². The Morgan fingerprint density at radius 3 is 2.55 bits per heavy atom. The van der Waals surface area contributed by atoms with Gasteiger partial charge in [0.1, 0.15) is 0 Å². The van der Waals surface area contributed by atoms with Gasteiger partial charge in [-0.15, -0.1) is 5.10 Å². The van der Waals surface area contributed by atoms with Gasteiger partial charge in [-0.2, -0.15) is 4.99 Å². The SMILES string of the molecule is Cc1ccc(NN=C2N=C(c3ccccc3)OC2=O)cc1C.